The molecule has 1 aliphatic heterocycles. The second-order valence-electron chi connectivity index (χ2n) is 11.1. The predicted molar refractivity (Wildman–Crippen MR) is 160 cm³/mol. The van der Waals surface area contributed by atoms with Crippen molar-refractivity contribution in [3.8, 4) is 16.9 Å². The lowest BCUT2D eigenvalue weighted by atomic mass is 9.61. The Morgan fingerprint density at radius 3 is 2.24 bits per heavy atom. The van der Waals surface area contributed by atoms with Gasteiger partial charge >= 0.3 is 23.9 Å². The third-order valence-corrected chi connectivity index (χ3v) is 7.94. The Labute approximate surface area is 265 Å². The molecule has 2 aromatic carbocycles. The number of aliphatic hydroxyl groups is 1. The normalized spacial score (nSPS) is 22.4. The van der Waals surface area contributed by atoms with Crippen molar-refractivity contribution in [3.63, 3.8) is 0 Å². The first kappa shape index (κ1) is 35.9. The van der Waals surface area contributed by atoms with E-state index < -0.39 is 92.6 Å². The SMILES string of the molecule is CNC(=O)c1cccc(-c2ccc(O[C@H]3O[C@@H](COC(C)=O)[C@H](CC(=O)O)[C@H](CC(=O)O)[C@]3(COCCO)CC(=O)O)c(C)c2)c1. The van der Waals surface area contributed by atoms with Crippen molar-refractivity contribution in [3.05, 3.63) is 53.6 Å². The summed E-state index contributed by atoms with van der Waals surface area (Å²) in [6, 6.07) is 12.0. The van der Waals surface area contributed by atoms with E-state index in [1.165, 1.54) is 7.05 Å². The number of nitrogens with one attached hydrogen (secondary N) is 1. The standard InChI is InChI=1S/C32H39NO13/c1-18-11-21(20-5-4-6-22(12-20)30(42)33-3)7-8-25(18)45-31-32(15-29(40)41,17-43-10-9-34)24(14-28(38)39)23(13-27(36)37)26(46-31)16-44-19(2)35/h4-8,11-12,23-24,26,31,34H,9-10,13-17H2,1-3H3,(H,33,42)(H,36,37)(H,38,39)(H,40,41)/t23-,24+,26+,31+,32-/m1/s1. The minimum Gasteiger partial charge on any atom is -0.481 e. The van der Waals surface area contributed by atoms with Crippen LogP contribution in [-0.4, -0.2) is 96.1 Å². The van der Waals surface area contributed by atoms with Gasteiger partial charge < -0.3 is 44.7 Å². The van der Waals surface area contributed by atoms with Crippen molar-refractivity contribution >= 4 is 29.8 Å². The van der Waals surface area contributed by atoms with Crippen LogP contribution >= 0.6 is 0 Å². The highest BCUT2D eigenvalue weighted by Crippen LogP contribution is 2.51. The molecule has 1 amide bonds. The number of aliphatic carboxylic acids is 3. The van der Waals surface area contributed by atoms with Crippen LogP contribution in [-0.2, 0) is 33.4 Å². The number of aliphatic hydroxyl groups excluding tert-OH is 1. The van der Waals surface area contributed by atoms with E-state index in [1.807, 2.05) is 6.07 Å². The number of amides is 1. The van der Waals surface area contributed by atoms with Crippen LogP contribution in [0.1, 0.15) is 42.1 Å². The molecule has 0 unspecified atom stereocenters. The second kappa shape index (κ2) is 16.2. The number of esters is 1. The number of hydrogen-bond acceptors (Lipinski definition) is 10. The number of hydrogen-bond donors (Lipinski definition) is 5. The van der Waals surface area contributed by atoms with Crippen LogP contribution in [0.2, 0.25) is 0 Å². The number of aryl methyl sites for hydroxylation is 1. The molecule has 3 rings (SSSR count). The smallest absolute Gasteiger partial charge is 0.304 e. The third-order valence-electron chi connectivity index (χ3n) is 7.94. The van der Waals surface area contributed by atoms with E-state index in [0.717, 1.165) is 18.1 Å². The van der Waals surface area contributed by atoms with Crippen molar-refractivity contribution in [2.24, 2.45) is 17.3 Å². The fraction of sp³-hybridized carbons (Fsp3) is 0.469. The molecule has 14 heteroatoms. The number of carbonyl (C=O) groups is 5. The maximum atomic E-state index is 12.3. The molecule has 1 fully saturated rings. The highest BCUT2D eigenvalue weighted by atomic mass is 16.7. The number of carboxylic acids is 3. The summed E-state index contributed by atoms with van der Waals surface area (Å²) in [7, 11) is 1.53. The summed E-state index contributed by atoms with van der Waals surface area (Å²) in [6.07, 6.45) is -4.73. The quantitative estimate of drug-likeness (QED) is 0.131. The molecular formula is C32H39NO13. The summed E-state index contributed by atoms with van der Waals surface area (Å²) in [5.74, 6) is -7.02. The third kappa shape index (κ3) is 9.02. The molecule has 0 saturated carbocycles. The van der Waals surface area contributed by atoms with Crippen LogP contribution in [0.25, 0.3) is 11.1 Å². The van der Waals surface area contributed by atoms with Crippen molar-refractivity contribution in [1.82, 2.24) is 5.32 Å². The summed E-state index contributed by atoms with van der Waals surface area (Å²) in [6.45, 7) is 1.33. The first-order valence-electron chi connectivity index (χ1n) is 14.5. The summed E-state index contributed by atoms with van der Waals surface area (Å²) >= 11 is 0. The molecule has 14 nitrogen and oxygen atoms in total. The molecule has 5 atom stereocenters. The second-order valence-corrected chi connectivity index (χ2v) is 11.1. The lowest BCUT2D eigenvalue weighted by Gasteiger charge is -2.53. The Balaban J connectivity index is 2.14. The van der Waals surface area contributed by atoms with E-state index in [4.69, 9.17) is 18.9 Å². The van der Waals surface area contributed by atoms with E-state index in [2.05, 4.69) is 5.32 Å². The zero-order valence-electron chi connectivity index (χ0n) is 25.8. The molecular weight excluding hydrogens is 606 g/mol. The van der Waals surface area contributed by atoms with Crippen LogP contribution in [0, 0.1) is 24.2 Å². The average molecular weight is 646 g/mol. The molecule has 0 aromatic heterocycles. The molecule has 0 spiro atoms. The van der Waals surface area contributed by atoms with Crippen LogP contribution in [0.4, 0.5) is 0 Å². The minimum atomic E-state index is -1.76. The maximum Gasteiger partial charge on any atom is 0.304 e. The number of carboxylic acid groups (broad SMARTS) is 3. The van der Waals surface area contributed by atoms with Crippen LogP contribution < -0.4 is 10.1 Å². The molecule has 250 valence electrons. The monoisotopic (exact) mass is 645 g/mol. The Hall–Kier alpha value is -4.53. The van der Waals surface area contributed by atoms with Crippen LogP contribution in [0.5, 0.6) is 5.75 Å². The van der Waals surface area contributed by atoms with Gasteiger partial charge in [0.15, 0.2) is 0 Å². The van der Waals surface area contributed by atoms with Crippen LogP contribution in [0.3, 0.4) is 0 Å². The Morgan fingerprint density at radius 2 is 1.65 bits per heavy atom. The van der Waals surface area contributed by atoms with Crippen molar-refractivity contribution in [2.75, 3.05) is 33.5 Å². The topological polar surface area (TPSA) is 215 Å². The largest absolute Gasteiger partial charge is 0.481 e. The first-order chi connectivity index (χ1) is 21.8. The fourth-order valence-electron chi connectivity index (χ4n) is 5.89. The Bertz CT molecular complexity index is 1430. The van der Waals surface area contributed by atoms with Gasteiger partial charge in [-0.3, -0.25) is 24.0 Å². The molecule has 1 heterocycles. The van der Waals surface area contributed by atoms with Gasteiger partial charge in [-0.1, -0.05) is 18.2 Å². The molecule has 0 bridgehead atoms. The molecule has 1 saturated heterocycles. The molecule has 1 aliphatic rings. The maximum absolute atomic E-state index is 12.3. The van der Waals surface area contributed by atoms with Gasteiger partial charge in [-0.2, -0.15) is 0 Å². The van der Waals surface area contributed by atoms with Crippen LogP contribution in [0.15, 0.2) is 42.5 Å². The number of ether oxygens (including phenoxy) is 4. The Morgan fingerprint density at radius 1 is 0.957 bits per heavy atom. The van der Waals surface area contributed by atoms with Gasteiger partial charge in [0.25, 0.3) is 5.91 Å². The number of rotatable bonds is 16. The highest BCUT2D eigenvalue weighted by Gasteiger charge is 2.59. The minimum absolute atomic E-state index is 0.225. The zero-order chi connectivity index (χ0) is 34.0. The summed E-state index contributed by atoms with van der Waals surface area (Å²) < 4.78 is 23.3. The van der Waals surface area contributed by atoms with E-state index in [9.17, 15) is 44.4 Å². The molecule has 0 aliphatic carbocycles. The molecule has 5 N–H and O–H groups in total. The fourth-order valence-corrected chi connectivity index (χ4v) is 5.89. The molecule has 0 radical (unpaired) electrons. The van der Waals surface area contributed by atoms with Crippen molar-refractivity contribution < 1.29 is 63.3 Å². The van der Waals surface area contributed by atoms with Gasteiger partial charge in [0.1, 0.15) is 12.4 Å². The van der Waals surface area contributed by atoms with Crippen molar-refractivity contribution in [2.45, 2.75) is 45.5 Å². The lowest BCUT2D eigenvalue weighted by Crippen LogP contribution is -2.62. The van der Waals surface area contributed by atoms with E-state index in [-0.39, 0.29) is 18.3 Å². The number of carbonyl (C=O) groups excluding carboxylic acids is 2. The van der Waals surface area contributed by atoms with Gasteiger partial charge in [0.05, 0.1) is 44.2 Å². The lowest BCUT2D eigenvalue weighted by molar-refractivity contribution is -0.285. The van der Waals surface area contributed by atoms with Gasteiger partial charge in [0, 0.05) is 31.9 Å². The predicted octanol–water partition coefficient (Wildman–Crippen LogP) is 2.34. The first-order valence-corrected chi connectivity index (χ1v) is 14.5. The van der Waals surface area contributed by atoms with Gasteiger partial charge in [0.2, 0.25) is 6.29 Å². The highest BCUT2D eigenvalue weighted by molar-refractivity contribution is 5.95. The van der Waals surface area contributed by atoms with Gasteiger partial charge in [-0.25, -0.2) is 0 Å². The average Bonchev–Trinajstić information content (AvgIpc) is 2.99. The van der Waals surface area contributed by atoms with E-state index in [0.29, 0.717) is 11.1 Å². The van der Waals surface area contributed by atoms with Gasteiger partial charge in [-0.15, -0.1) is 0 Å². The summed E-state index contributed by atoms with van der Waals surface area (Å²) in [4.78, 5) is 60.4. The van der Waals surface area contributed by atoms with Crippen molar-refractivity contribution in [1.29, 1.82) is 0 Å². The summed E-state index contributed by atoms with van der Waals surface area (Å²) in [5, 5.41) is 41.7. The van der Waals surface area contributed by atoms with E-state index >= 15 is 0 Å². The Kier molecular flexibility index (Phi) is 12.6. The molecule has 2 aromatic rings. The molecule has 46 heavy (non-hydrogen) atoms. The zero-order valence-corrected chi connectivity index (χ0v) is 25.8. The van der Waals surface area contributed by atoms with Gasteiger partial charge in [-0.05, 0) is 53.8 Å². The number of benzene rings is 2. The van der Waals surface area contributed by atoms with E-state index in [1.54, 1.807) is 43.3 Å². The summed E-state index contributed by atoms with van der Waals surface area (Å²) in [5.41, 5.74) is 0.738.